The molecule has 0 radical (unpaired) electrons. The normalized spacial score (nSPS) is 10.9. The topological polar surface area (TPSA) is 79.9 Å². The van der Waals surface area contributed by atoms with Crippen LogP contribution in [0, 0.1) is 0 Å². The fourth-order valence-corrected chi connectivity index (χ4v) is 1.15. The van der Waals surface area contributed by atoms with E-state index in [1.54, 1.807) is 30.4 Å². The summed E-state index contributed by atoms with van der Waals surface area (Å²) in [7, 11) is 1.50. The van der Waals surface area contributed by atoms with Crippen LogP contribution in [-0.2, 0) is 0 Å². The number of aromatic hydroxyl groups is 1. The third kappa shape index (κ3) is 4.52. The van der Waals surface area contributed by atoms with Crippen LogP contribution in [0.4, 0.5) is 0 Å². The minimum atomic E-state index is 0.105. The Morgan fingerprint density at radius 2 is 2.35 bits per heavy atom. The van der Waals surface area contributed by atoms with Crippen molar-refractivity contribution in [3.05, 3.63) is 29.8 Å². The van der Waals surface area contributed by atoms with Crippen LogP contribution in [0.5, 0.6) is 11.5 Å². The van der Waals surface area contributed by atoms with Crippen LogP contribution in [0.1, 0.15) is 5.56 Å². The zero-order valence-electron chi connectivity index (χ0n) is 9.25. The number of hydrogen-bond acceptors (Lipinski definition) is 4. The Hall–Kier alpha value is -2.08. The molecular weight excluding hydrogens is 238 g/mol. The van der Waals surface area contributed by atoms with Crippen molar-refractivity contribution in [2.24, 2.45) is 10.8 Å². The van der Waals surface area contributed by atoms with Crippen LogP contribution >= 0.6 is 12.2 Å². The van der Waals surface area contributed by atoms with Gasteiger partial charge in [0.05, 0.1) is 7.11 Å². The first-order valence-corrected chi connectivity index (χ1v) is 5.16. The number of methoxy groups -OCH3 is 1. The first-order chi connectivity index (χ1) is 8.13. The van der Waals surface area contributed by atoms with Crippen molar-refractivity contribution in [2.45, 2.75) is 0 Å². The third-order valence-electron chi connectivity index (χ3n) is 1.83. The van der Waals surface area contributed by atoms with E-state index in [9.17, 15) is 5.11 Å². The number of benzene rings is 1. The molecule has 0 aromatic heterocycles. The summed E-state index contributed by atoms with van der Waals surface area (Å²) in [6.07, 6.45) is 5.02. The molecule has 1 aromatic rings. The van der Waals surface area contributed by atoms with Crippen LogP contribution in [0.2, 0.25) is 0 Å². The highest BCUT2D eigenvalue weighted by Gasteiger charge is 1.99. The number of rotatable bonds is 4. The fraction of sp³-hybridized carbons (Fsp3) is 0.0909. The summed E-state index contributed by atoms with van der Waals surface area (Å²) in [6, 6.07) is 5.02. The molecule has 0 bridgehead atoms. The highest BCUT2D eigenvalue weighted by atomic mass is 32.1. The summed E-state index contributed by atoms with van der Waals surface area (Å²) in [5.41, 5.74) is 8.48. The van der Waals surface area contributed by atoms with Gasteiger partial charge in [0.25, 0.3) is 0 Å². The van der Waals surface area contributed by atoms with Crippen molar-refractivity contribution >= 4 is 29.6 Å². The average molecular weight is 251 g/mol. The number of hydrogen-bond donors (Lipinski definition) is 3. The summed E-state index contributed by atoms with van der Waals surface area (Å²) in [5.74, 6) is 0.527. The molecule has 0 saturated carbocycles. The number of allylic oxidation sites excluding steroid dienone is 1. The number of phenols is 1. The Labute approximate surface area is 105 Å². The Balaban J connectivity index is 2.65. The maximum atomic E-state index is 9.39. The molecular formula is C11H13N3O2S. The van der Waals surface area contributed by atoms with Gasteiger partial charge in [0.15, 0.2) is 16.6 Å². The van der Waals surface area contributed by atoms with Gasteiger partial charge in [-0.3, -0.25) is 5.43 Å². The van der Waals surface area contributed by atoms with Crippen molar-refractivity contribution in [3.63, 3.8) is 0 Å². The molecule has 0 aliphatic carbocycles. The lowest BCUT2D eigenvalue weighted by Crippen LogP contribution is -2.23. The maximum absolute atomic E-state index is 9.39. The summed E-state index contributed by atoms with van der Waals surface area (Å²) in [5, 5.41) is 13.2. The molecule has 1 aromatic carbocycles. The van der Waals surface area contributed by atoms with E-state index in [0.29, 0.717) is 5.75 Å². The quantitative estimate of drug-likeness (QED) is 0.426. The van der Waals surface area contributed by atoms with Crippen LogP contribution in [-0.4, -0.2) is 23.5 Å². The summed E-state index contributed by atoms with van der Waals surface area (Å²) in [4.78, 5) is 0. The van der Waals surface area contributed by atoms with Gasteiger partial charge < -0.3 is 15.6 Å². The van der Waals surface area contributed by atoms with E-state index in [4.69, 9.17) is 10.5 Å². The Morgan fingerprint density at radius 1 is 1.59 bits per heavy atom. The van der Waals surface area contributed by atoms with Crippen molar-refractivity contribution in [3.8, 4) is 11.5 Å². The van der Waals surface area contributed by atoms with Gasteiger partial charge in [-0.05, 0) is 36.0 Å². The zero-order valence-corrected chi connectivity index (χ0v) is 10.1. The summed E-state index contributed by atoms with van der Waals surface area (Å²) < 4.78 is 4.98. The molecule has 0 fully saturated rings. The molecule has 0 saturated heterocycles. The van der Waals surface area contributed by atoms with Gasteiger partial charge in [-0.15, -0.1) is 0 Å². The fourth-order valence-electron chi connectivity index (χ4n) is 1.10. The first-order valence-electron chi connectivity index (χ1n) is 4.75. The number of nitrogens with zero attached hydrogens (tertiary/aromatic N) is 1. The molecule has 0 atom stereocenters. The van der Waals surface area contributed by atoms with Crippen LogP contribution in [0.3, 0.4) is 0 Å². The minimum absolute atomic E-state index is 0.105. The lowest BCUT2D eigenvalue weighted by molar-refractivity contribution is 0.373. The number of phenolic OH excluding ortho intramolecular Hbond substituents is 1. The van der Waals surface area contributed by atoms with E-state index in [1.807, 2.05) is 0 Å². The molecule has 0 amide bonds. The number of nitrogens with one attached hydrogen (secondary N) is 1. The van der Waals surface area contributed by atoms with E-state index >= 15 is 0 Å². The highest BCUT2D eigenvalue weighted by molar-refractivity contribution is 7.80. The van der Waals surface area contributed by atoms with Crippen molar-refractivity contribution in [2.75, 3.05) is 7.11 Å². The number of nitrogens with two attached hydrogens (primary N) is 1. The molecule has 5 nitrogen and oxygen atoms in total. The van der Waals surface area contributed by atoms with E-state index in [-0.39, 0.29) is 10.9 Å². The van der Waals surface area contributed by atoms with Gasteiger partial charge in [-0.25, -0.2) is 0 Å². The monoisotopic (exact) mass is 251 g/mol. The Kier molecular flexibility index (Phi) is 4.96. The molecule has 0 unspecified atom stereocenters. The first kappa shape index (κ1) is 13.0. The lowest BCUT2D eigenvalue weighted by Gasteiger charge is -2.03. The van der Waals surface area contributed by atoms with Gasteiger partial charge in [0.1, 0.15) is 0 Å². The van der Waals surface area contributed by atoms with Gasteiger partial charge in [-0.2, -0.15) is 5.10 Å². The van der Waals surface area contributed by atoms with Gasteiger partial charge in [0, 0.05) is 6.21 Å². The number of thiocarbonyl (C=S) groups is 1. The van der Waals surface area contributed by atoms with Gasteiger partial charge >= 0.3 is 0 Å². The predicted octanol–water partition coefficient (Wildman–Crippen LogP) is 1.23. The molecule has 90 valence electrons. The van der Waals surface area contributed by atoms with Gasteiger partial charge in [0.2, 0.25) is 0 Å². The van der Waals surface area contributed by atoms with Crippen LogP contribution in [0.15, 0.2) is 29.4 Å². The van der Waals surface area contributed by atoms with E-state index in [1.165, 1.54) is 13.3 Å². The molecule has 0 aliphatic heterocycles. The van der Waals surface area contributed by atoms with Crippen molar-refractivity contribution < 1.29 is 9.84 Å². The minimum Gasteiger partial charge on any atom is -0.504 e. The third-order valence-corrected chi connectivity index (χ3v) is 1.92. The van der Waals surface area contributed by atoms with E-state index < -0.39 is 0 Å². The molecule has 17 heavy (non-hydrogen) atoms. The number of hydrazone groups is 1. The van der Waals surface area contributed by atoms with E-state index in [2.05, 4.69) is 22.7 Å². The SMILES string of the molecule is COc1cc(/C=C/C=N/NC(N)=S)ccc1O. The second-order valence-corrected chi connectivity index (χ2v) is 3.48. The zero-order chi connectivity index (χ0) is 12.7. The summed E-state index contributed by atoms with van der Waals surface area (Å²) in [6.45, 7) is 0. The second-order valence-electron chi connectivity index (χ2n) is 3.04. The summed E-state index contributed by atoms with van der Waals surface area (Å²) >= 11 is 4.57. The molecule has 6 heteroatoms. The number of ether oxygens (including phenoxy) is 1. The molecule has 0 heterocycles. The van der Waals surface area contributed by atoms with Crippen LogP contribution < -0.4 is 15.9 Å². The van der Waals surface area contributed by atoms with Crippen molar-refractivity contribution in [1.82, 2.24) is 5.43 Å². The largest absolute Gasteiger partial charge is 0.504 e. The average Bonchev–Trinajstić information content (AvgIpc) is 2.30. The van der Waals surface area contributed by atoms with E-state index in [0.717, 1.165) is 5.56 Å². The smallest absolute Gasteiger partial charge is 0.184 e. The molecule has 4 N–H and O–H groups in total. The highest BCUT2D eigenvalue weighted by Crippen LogP contribution is 2.26. The lowest BCUT2D eigenvalue weighted by atomic mass is 10.2. The Morgan fingerprint density at radius 3 is 3.00 bits per heavy atom. The standard InChI is InChI=1S/C11H13N3O2S/c1-16-10-7-8(4-5-9(10)15)3-2-6-13-14-11(12)17/h2-7,15H,1H3,(H3,12,14,17)/b3-2+,13-6+. The maximum Gasteiger partial charge on any atom is 0.184 e. The van der Waals surface area contributed by atoms with Crippen LogP contribution in [0.25, 0.3) is 6.08 Å². The van der Waals surface area contributed by atoms with Crippen molar-refractivity contribution in [1.29, 1.82) is 0 Å². The van der Waals surface area contributed by atoms with Gasteiger partial charge in [-0.1, -0.05) is 12.1 Å². The second kappa shape index (κ2) is 6.49. The predicted molar refractivity (Wildman–Crippen MR) is 72.1 cm³/mol. The molecule has 0 aliphatic rings. The molecule has 0 spiro atoms. The Bertz CT molecular complexity index is 458. The molecule has 1 rings (SSSR count).